The molecule has 0 aromatic carbocycles. The molecule has 0 saturated carbocycles. The Morgan fingerprint density at radius 3 is 2.21 bits per heavy atom. The molecule has 0 aliphatic carbocycles. The molecule has 0 aromatic heterocycles. The summed E-state index contributed by atoms with van der Waals surface area (Å²) in [6.45, 7) is 8.67. The van der Waals surface area contributed by atoms with Gasteiger partial charge in [0.1, 0.15) is 0 Å². The Morgan fingerprint density at radius 2 is 1.64 bits per heavy atom. The standard InChI is InChI=1S/C11H22N2O/c1-11(14)9-13(10-11)8-4-7-12-5-2-3-6-12/h14H,2-10H2,1H3. The van der Waals surface area contributed by atoms with Gasteiger partial charge in [0.25, 0.3) is 0 Å². The molecular weight excluding hydrogens is 176 g/mol. The van der Waals surface area contributed by atoms with Crippen molar-refractivity contribution in [3.63, 3.8) is 0 Å². The number of β-amino-alcohol motifs (C(OH)–C–C–N with tert-alkyl or cyclic N) is 1. The van der Waals surface area contributed by atoms with Gasteiger partial charge in [-0.15, -0.1) is 0 Å². The summed E-state index contributed by atoms with van der Waals surface area (Å²) in [5.41, 5.74) is -0.395. The predicted octanol–water partition coefficient (Wildman–Crippen LogP) is 0.539. The fraction of sp³-hybridized carbons (Fsp3) is 1.00. The number of hydrogen-bond acceptors (Lipinski definition) is 3. The first-order chi connectivity index (χ1) is 6.66. The third-order valence-corrected chi connectivity index (χ3v) is 3.28. The zero-order chi connectivity index (χ0) is 10.0. The van der Waals surface area contributed by atoms with Crippen LogP contribution in [0.4, 0.5) is 0 Å². The summed E-state index contributed by atoms with van der Waals surface area (Å²) in [5.74, 6) is 0. The lowest BCUT2D eigenvalue weighted by Crippen LogP contribution is -2.59. The molecule has 2 rings (SSSR count). The normalized spacial score (nSPS) is 27.9. The van der Waals surface area contributed by atoms with Gasteiger partial charge in [-0.2, -0.15) is 0 Å². The van der Waals surface area contributed by atoms with E-state index < -0.39 is 5.60 Å². The summed E-state index contributed by atoms with van der Waals surface area (Å²) >= 11 is 0. The van der Waals surface area contributed by atoms with Crippen LogP contribution in [-0.4, -0.2) is 59.8 Å². The summed E-state index contributed by atoms with van der Waals surface area (Å²) in [6.07, 6.45) is 4.03. The van der Waals surface area contributed by atoms with Crippen molar-refractivity contribution < 1.29 is 5.11 Å². The third-order valence-electron chi connectivity index (χ3n) is 3.28. The van der Waals surface area contributed by atoms with Crippen molar-refractivity contribution >= 4 is 0 Å². The lowest BCUT2D eigenvalue weighted by molar-refractivity contribution is -0.0836. The molecule has 2 aliphatic heterocycles. The Hall–Kier alpha value is -0.120. The smallest absolute Gasteiger partial charge is 0.0872 e. The zero-order valence-corrected chi connectivity index (χ0v) is 9.21. The number of aliphatic hydroxyl groups is 1. The second-order valence-corrected chi connectivity index (χ2v) is 5.11. The van der Waals surface area contributed by atoms with E-state index in [0.29, 0.717) is 0 Å². The van der Waals surface area contributed by atoms with E-state index in [2.05, 4.69) is 9.80 Å². The Balaban J connectivity index is 1.51. The lowest BCUT2D eigenvalue weighted by Gasteiger charge is -2.44. The maximum atomic E-state index is 9.54. The average molecular weight is 198 g/mol. The summed E-state index contributed by atoms with van der Waals surface area (Å²) in [4.78, 5) is 4.90. The minimum Gasteiger partial charge on any atom is -0.388 e. The highest BCUT2D eigenvalue weighted by Gasteiger charge is 2.35. The van der Waals surface area contributed by atoms with Gasteiger partial charge in [-0.05, 0) is 52.4 Å². The molecule has 3 nitrogen and oxygen atoms in total. The van der Waals surface area contributed by atoms with Gasteiger partial charge in [-0.3, -0.25) is 4.90 Å². The van der Waals surface area contributed by atoms with Crippen LogP contribution in [0.25, 0.3) is 0 Å². The maximum Gasteiger partial charge on any atom is 0.0872 e. The van der Waals surface area contributed by atoms with Gasteiger partial charge in [-0.1, -0.05) is 0 Å². The number of rotatable bonds is 4. The van der Waals surface area contributed by atoms with Crippen molar-refractivity contribution in [2.45, 2.75) is 31.8 Å². The molecule has 0 bridgehead atoms. The van der Waals surface area contributed by atoms with Crippen LogP contribution in [0.15, 0.2) is 0 Å². The molecule has 3 heteroatoms. The first kappa shape index (κ1) is 10.4. The van der Waals surface area contributed by atoms with Crippen LogP contribution in [0, 0.1) is 0 Å². The molecule has 0 unspecified atom stereocenters. The first-order valence-electron chi connectivity index (χ1n) is 5.83. The Labute approximate surface area is 86.7 Å². The van der Waals surface area contributed by atoms with Crippen LogP contribution < -0.4 is 0 Å². The molecule has 2 heterocycles. The number of nitrogens with zero attached hydrogens (tertiary/aromatic N) is 2. The van der Waals surface area contributed by atoms with Crippen LogP contribution in [0.5, 0.6) is 0 Å². The van der Waals surface area contributed by atoms with Crippen LogP contribution in [0.2, 0.25) is 0 Å². The van der Waals surface area contributed by atoms with Gasteiger partial charge >= 0.3 is 0 Å². The predicted molar refractivity (Wildman–Crippen MR) is 57.4 cm³/mol. The van der Waals surface area contributed by atoms with Gasteiger partial charge in [-0.25, -0.2) is 0 Å². The molecule has 2 fully saturated rings. The van der Waals surface area contributed by atoms with Crippen molar-refractivity contribution in [2.75, 3.05) is 39.3 Å². The highest BCUT2D eigenvalue weighted by Crippen LogP contribution is 2.19. The highest BCUT2D eigenvalue weighted by molar-refractivity contribution is 4.91. The fourth-order valence-corrected chi connectivity index (χ4v) is 2.60. The number of likely N-dealkylation sites (tertiary alicyclic amines) is 2. The van der Waals surface area contributed by atoms with Gasteiger partial charge in [0.15, 0.2) is 0 Å². The molecule has 2 saturated heterocycles. The van der Waals surface area contributed by atoms with Crippen LogP contribution in [0.1, 0.15) is 26.2 Å². The van der Waals surface area contributed by atoms with Crippen molar-refractivity contribution in [1.82, 2.24) is 9.80 Å². The molecule has 1 N–H and O–H groups in total. The summed E-state index contributed by atoms with van der Waals surface area (Å²) in [6, 6.07) is 0. The molecule has 0 aromatic rings. The monoisotopic (exact) mass is 198 g/mol. The van der Waals surface area contributed by atoms with E-state index in [1.807, 2.05) is 6.92 Å². The van der Waals surface area contributed by atoms with E-state index in [0.717, 1.165) is 19.6 Å². The van der Waals surface area contributed by atoms with Crippen molar-refractivity contribution in [3.05, 3.63) is 0 Å². The summed E-state index contributed by atoms with van der Waals surface area (Å²) in [7, 11) is 0. The van der Waals surface area contributed by atoms with Crippen LogP contribution >= 0.6 is 0 Å². The lowest BCUT2D eigenvalue weighted by atomic mass is 9.97. The molecule has 0 amide bonds. The SMILES string of the molecule is CC1(O)CN(CCCN2CCCC2)C1. The fourth-order valence-electron chi connectivity index (χ4n) is 2.60. The number of hydrogen-bond donors (Lipinski definition) is 1. The van der Waals surface area contributed by atoms with E-state index in [4.69, 9.17) is 0 Å². The highest BCUT2D eigenvalue weighted by atomic mass is 16.3. The zero-order valence-electron chi connectivity index (χ0n) is 9.21. The first-order valence-corrected chi connectivity index (χ1v) is 5.83. The van der Waals surface area contributed by atoms with Gasteiger partial charge in [0.2, 0.25) is 0 Å². The molecule has 2 aliphatic rings. The summed E-state index contributed by atoms with van der Waals surface area (Å²) in [5, 5.41) is 9.54. The minimum atomic E-state index is -0.395. The molecule has 0 atom stereocenters. The van der Waals surface area contributed by atoms with Crippen molar-refractivity contribution in [1.29, 1.82) is 0 Å². The van der Waals surface area contributed by atoms with Crippen molar-refractivity contribution in [3.8, 4) is 0 Å². The summed E-state index contributed by atoms with van der Waals surface area (Å²) < 4.78 is 0. The Bertz CT molecular complexity index is 180. The van der Waals surface area contributed by atoms with E-state index in [9.17, 15) is 5.11 Å². The molecule has 0 radical (unpaired) electrons. The van der Waals surface area contributed by atoms with Crippen molar-refractivity contribution in [2.24, 2.45) is 0 Å². The van der Waals surface area contributed by atoms with Gasteiger partial charge in [0.05, 0.1) is 5.60 Å². The largest absolute Gasteiger partial charge is 0.388 e. The molecule has 82 valence electrons. The molecule has 14 heavy (non-hydrogen) atoms. The molecular formula is C11H22N2O. The Kier molecular flexibility index (Phi) is 3.10. The maximum absolute atomic E-state index is 9.54. The topological polar surface area (TPSA) is 26.7 Å². The Morgan fingerprint density at radius 1 is 1.07 bits per heavy atom. The van der Waals surface area contributed by atoms with E-state index in [1.54, 1.807) is 0 Å². The van der Waals surface area contributed by atoms with Gasteiger partial charge in [0, 0.05) is 13.1 Å². The quantitative estimate of drug-likeness (QED) is 0.714. The van der Waals surface area contributed by atoms with E-state index in [1.165, 1.54) is 38.9 Å². The van der Waals surface area contributed by atoms with Crippen LogP contribution in [-0.2, 0) is 0 Å². The minimum absolute atomic E-state index is 0.395. The van der Waals surface area contributed by atoms with E-state index in [-0.39, 0.29) is 0 Å². The second kappa shape index (κ2) is 4.17. The van der Waals surface area contributed by atoms with Gasteiger partial charge < -0.3 is 10.0 Å². The van der Waals surface area contributed by atoms with Crippen LogP contribution in [0.3, 0.4) is 0 Å². The molecule has 0 spiro atoms. The van der Waals surface area contributed by atoms with E-state index >= 15 is 0 Å². The second-order valence-electron chi connectivity index (χ2n) is 5.11. The average Bonchev–Trinajstić information content (AvgIpc) is 2.53. The third kappa shape index (κ3) is 2.69.